The Balaban J connectivity index is 3.01. The molecule has 0 saturated carbocycles. The third-order valence-electron chi connectivity index (χ3n) is 1.14. The molecule has 0 rings (SSSR count). The van der Waals surface area contributed by atoms with Gasteiger partial charge in [0.05, 0.1) is 19.8 Å². The molecule has 3 heteroatoms. The fourth-order valence-electron chi connectivity index (χ4n) is 0.663. The molecule has 0 bridgehead atoms. The highest BCUT2D eigenvalue weighted by Gasteiger charge is 2.08. The van der Waals surface area contributed by atoms with E-state index in [1.54, 1.807) is 0 Å². The molecule has 12 heavy (non-hydrogen) atoms. The molecule has 0 aromatic carbocycles. The Kier molecular flexibility index (Phi) is 6.90. The highest BCUT2D eigenvalue weighted by molar-refractivity contribution is 7.99. The first kappa shape index (κ1) is 12.3. The molecular weight excluding hydrogens is 172 g/mol. The van der Waals surface area contributed by atoms with Gasteiger partial charge in [0.2, 0.25) is 0 Å². The zero-order valence-corrected chi connectivity index (χ0v) is 9.12. The SMILES string of the molecule is CC(C)(C)CSCCOCCO. The summed E-state index contributed by atoms with van der Waals surface area (Å²) in [5, 5.41) is 8.42. The number of hydrogen-bond acceptors (Lipinski definition) is 3. The summed E-state index contributed by atoms with van der Waals surface area (Å²) < 4.78 is 5.13. The van der Waals surface area contributed by atoms with Crippen molar-refractivity contribution in [2.24, 2.45) is 5.41 Å². The van der Waals surface area contributed by atoms with Crippen LogP contribution >= 0.6 is 11.8 Å². The second-order valence-electron chi connectivity index (χ2n) is 3.95. The third kappa shape index (κ3) is 10.3. The van der Waals surface area contributed by atoms with Gasteiger partial charge in [-0.15, -0.1) is 0 Å². The first-order valence-corrected chi connectivity index (χ1v) is 5.48. The Morgan fingerprint density at radius 3 is 2.42 bits per heavy atom. The Morgan fingerprint density at radius 1 is 1.25 bits per heavy atom. The average Bonchev–Trinajstić information content (AvgIpc) is 1.94. The van der Waals surface area contributed by atoms with Crippen molar-refractivity contribution in [2.75, 3.05) is 31.3 Å². The van der Waals surface area contributed by atoms with Crippen molar-refractivity contribution in [1.29, 1.82) is 0 Å². The summed E-state index contributed by atoms with van der Waals surface area (Å²) in [5.74, 6) is 2.19. The van der Waals surface area contributed by atoms with E-state index in [1.165, 1.54) is 0 Å². The summed E-state index contributed by atoms with van der Waals surface area (Å²) in [7, 11) is 0. The van der Waals surface area contributed by atoms with Crippen LogP contribution < -0.4 is 0 Å². The number of thioether (sulfide) groups is 1. The molecule has 0 saturated heterocycles. The Morgan fingerprint density at radius 2 is 1.92 bits per heavy atom. The molecule has 0 aromatic rings. The largest absolute Gasteiger partial charge is 0.394 e. The van der Waals surface area contributed by atoms with E-state index in [0.717, 1.165) is 18.1 Å². The molecular formula is C9H20O2S. The van der Waals surface area contributed by atoms with E-state index < -0.39 is 0 Å². The van der Waals surface area contributed by atoms with Crippen molar-refractivity contribution >= 4 is 11.8 Å². The first-order chi connectivity index (χ1) is 5.56. The minimum absolute atomic E-state index is 0.129. The third-order valence-corrected chi connectivity index (χ3v) is 2.67. The molecule has 0 fully saturated rings. The Bertz CT molecular complexity index is 99.2. The van der Waals surface area contributed by atoms with Crippen LogP contribution in [0, 0.1) is 5.41 Å². The quantitative estimate of drug-likeness (QED) is 0.650. The van der Waals surface area contributed by atoms with Crippen molar-refractivity contribution in [1.82, 2.24) is 0 Å². The van der Waals surface area contributed by atoms with Gasteiger partial charge < -0.3 is 9.84 Å². The van der Waals surface area contributed by atoms with Gasteiger partial charge in [-0.1, -0.05) is 20.8 Å². The second-order valence-corrected chi connectivity index (χ2v) is 5.05. The van der Waals surface area contributed by atoms with Crippen LogP contribution in [-0.4, -0.2) is 36.4 Å². The van der Waals surface area contributed by atoms with Gasteiger partial charge in [0.1, 0.15) is 0 Å². The maximum absolute atomic E-state index is 8.42. The van der Waals surface area contributed by atoms with E-state index in [2.05, 4.69) is 20.8 Å². The Hall–Kier alpha value is 0.270. The molecule has 0 heterocycles. The number of rotatable bonds is 6. The highest BCUT2D eigenvalue weighted by atomic mass is 32.2. The molecule has 0 unspecified atom stereocenters. The lowest BCUT2D eigenvalue weighted by Crippen LogP contribution is -2.10. The van der Waals surface area contributed by atoms with Crippen molar-refractivity contribution in [3.8, 4) is 0 Å². The lowest BCUT2D eigenvalue weighted by atomic mass is 10.0. The Labute approximate surface area is 79.7 Å². The molecule has 0 atom stereocenters. The minimum atomic E-state index is 0.129. The standard InChI is InChI=1S/C9H20O2S/c1-9(2,3)8-12-7-6-11-5-4-10/h10H,4-8H2,1-3H3. The van der Waals surface area contributed by atoms with Gasteiger partial charge in [0, 0.05) is 5.75 Å². The monoisotopic (exact) mass is 192 g/mol. The number of aliphatic hydroxyl groups is 1. The summed E-state index contributed by atoms with van der Waals surface area (Å²) in [6, 6.07) is 0. The lowest BCUT2D eigenvalue weighted by molar-refractivity contribution is 0.103. The van der Waals surface area contributed by atoms with Crippen LogP contribution in [0.1, 0.15) is 20.8 Å². The van der Waals surface area contributed by atoms with Crippen molar-refractivity contribution in [3.05, 3.63) is 0 Å². The van der Waals surface area contributed by atoms with E-state index in [-0.39, 0.29) is 6.61 Å². The van der Waals surface area contributed by atoms with E-state index in [0.29, 0.717) is 12.0 Å². The molecule has 0 aliphatic heterocycles. The van der Waals surface area contributed by atoms with E-state index in [9.17, 15) is 0 Å². The van der Waals surface area contributed by atoms with Gasteiger partial charge in [0.25, 0.3) is 0 Å². The van der Waals surface area contributed by atoms with E-state index >= 15 is 0 Å². The van der Waals surface area contributed by atoms with Crippen LogP contribution in [0.3, 0.4) is 0 Å². The van der Waals surface area contributed by atoms with Gasteiger partial charge in [-0.25, -0.2) is 0 Å². The van der Waals surface area contributed by atoms with Crippen LogP contribution in [-0.2, 0) is 4.74 Å². The van der Waals surface area contributed by atoms with Crippen LogP contribution in [0.25, 0.3) is 0 Å². The van der Waals surface area contributed by atoms with Crippen LogP contribution in [0.4, 0.5) is 0 Å². The van der Waals surface area contributed by atoms with Crippen molar-refractivity contribution < 1.29 is 9.84 Å². The van der Waals surface area contributed by atoms with Gasteiger partial charge in [-0.05, 0) is 11.2 Å². The maximum Gasteiger partial charge on any atom is 0.0698 e. The van der Waals surface area contributed by atoms with Gasteiger partial charge in [-0.2, -0.15) is 11.8 Å². The smallest absolute Gasteiger partial charge is 0.0698 e. The number of hydrogen-bond donors (Lipinski definition) is 1. The van der Waals surface area contributed by atoms with Gasteiger partial charge in [-0.3, -0.25) is 0 Å². The molecule has 74 valence electrons. The summed E-state index contributed by atoms with van der Waals surface area (Å²) in [6.07, 6.45) is 0. The fraction of sp³-hybridized carbons (Fsp3) is 1.00. The molecule has 0 aliphatic carbocycles. The molecule has 0 aliphatic rings. The van der Waals surface area contributed by atoms with Crippen molar-refractivity contribution in [3.63, 3.8) is 0 Å². The van der Waals surface area contributed by atoms with E-state index in [4.69, 9.17) is 9.84 Å². The van der Waals surface area contributed by atoms with Crippen LogP contribution in [0.15, 0.2) is 0 Å². The van der Waals surface area contributed by atoms with Gasteiger partial charge in [0.15, 0.2) is 0 Å². The minimum Gasteiger partial charge on any atom is -0.394 e. The molecule has 0 aromatic heterocycles. The molecule has 1 N–H and O–H groups in total. The van der Waals surface area contributed by atoms with Crippen molar-refractivity contribution in [2.45, 2.75) is 20.8 Å². The van der Waals surface area contributed by atoms with Gasteiger partial charge >= 0.3 is 0 Å². The summed E-state index contributed by atoms with van der Waals surface area (Å²) >= 11 is 1.90. The van der Waals surface area contributed by atoms with Crippen LogP contribution in [0.2, 0.25) is 0 Å². The number of aliphatic hydroxyl groups excluding tert-OH is 1. The summed E-state index contributed by atoms with van der Waals surface area (Å²) in [5.41, 5.74) is 0.404. The summed E-state index contributed by atoms with van der Waals surface area (Å²) in [6.45, 7) is 8.04. The van der Waals surface area contributed by atoms with E-state index in [1.807, 2.05) is 11.8 Å². The van der Waals surface area contributed by atoms with Crippen LogP contribution in [0.5, 0.6) is 0 Å². The second kappa shape index (κ2) is 6.75. The molecule has 0 spiro atoms. The molecule has 0 radical (unpaired) electrons. The topological polar surface area (TPSA) is 29.5 Å². The fourth-order valence-corrected chi connectivity index (χ4v) is 1.66. The summed E-state index contributed by atoms with van der Waals surface area (Å²) in [4.78, 5) is 0. The first-order valence-electron chi connectivity index (χ1n) is 4.32. The maximum atomic E-state index is 8.42. The zero-order valence-electron chi connectivity index (χ0n) is 8.30. The molecule has 0 amide bonds. The molecule has 2 nitrogen and oxygen atoms in total. The highest BCUT2D eigenvalue weighted by Crippen LogP contribution is 2.19. The average molecular weight is 192 g/mol. The predicted octanol–water partition coefficient (Wildman–Crippen LogP) is 1.77. The predicted molar refractivity (Wildman–Crippen MR) is 54.7 cm³/mol. The lowest BCUT2D eigenvalue weighted by Gasteiger charge is -2.16. The number of ether oxygens (including phenoxy) is 1. The zero-order chi connectivity index (χ0) is 9.45. The normalized spacial score (nSPS) is 12.0.